The lowest BCUT2D eigenvalue weighted by molar-refractivity contribution is -0.115. The zero-order valence-electron chi connectivity index (χ0n) is 10.9. The second-order valence-electron chi connectivity index (χ2n) is 4.25. The summed E-state index contributed by atoms with van der Waals surface area (Å²) in [6, 6.07) is 11.2. The summed E-state index contributed by atoms with van der Waals surface area (Å²) in [5.41, 5.74) is 1.13. The van der Waals surface area contributed by atoms with Crippen molar-refractivity contribution >= 4 is 11.6 Å². The maximum Gasteiger partial charge on any atom is 0.387 e. The molecule has 0 heterocycles. The average Bonchev–Trinajstić information content (AvgIpc) is 2.43. The molecular weight excluding hydrogens is 283 g/mol. The molecule has 1 N–H and O–H groups in total. The molecule has 2 rings (SSSR count). The van der Waals surface area contributed by atoms with Crippen molar-refractivity contribution in [3.8, 4) is 5.75 Å². The van der Waals surface area contributed by atoms with Gasteiger partial charge in [-0.3, -0.25) is 4.79 Å². The summed E-state index contributed by atoms with van der Waals surface area (Å²) in [7, 11) is 0. The summed E-state index contributed by atoms with van der Waals surface area (Å²) in [5.74, 6) is -0.639. The molecule has 0 aliphatic carbocycles. The Labute approximate surface area is 119 Å². The highest BCUT2D eigenvalue weighted by molar-refractivity contribution is 5.92. The van der Waals surface area contributed by atoms with Crippen LogP contribution in [0.15, 0.2) is 48.5 Å². The molecule has 2 aromatic carbocycles. The van der Waals surface area contributed by atoms with E-state index in [2.05, 4.69) is 10.1 Å². The Morgan fingerprint density at radius 2 is 1.67 bits per heavy atom. The Morgan fingerprint density at radius 3 is 2.24 bits per heavy atom. The summed E-state index contributed by atoms with van der Waals surface area (Å²) in [6.45, 7) is -2.89. The van der Waals surface area contributed by atoms with Crippen molar-refractivity contribution in [2.75, 3.05) is 5.32 Å². The van der Waals surface area contributed by atoms with E-state index in [1.165, 1.54) is 48.5 Å². The van der Waals surface area contributed by atoms with E-state index in [9.17, 15) is 18.0 Å². The van der Waals surface area contributed by atoms with Gasteiger partial charge in [0, 0.05) is 5.69 Å². The molecule has 0 aliphatic rings. The van der Waals surface area contributed by atoms with Crippen molar-refractivity contribution in [1.82, 2.24) is 0 Å². The number of ether oxygens (including phenoxy) is 1. The van der Waals surface area contributed by atoms with Gasteiger partial charge in [-0.1, -0.05) is 12.1 Å². The number of hydrogen-bond donors (Lipinski definition) is 1. The molecule has 21 heavy (non-hydrogen) atoms. The first-order valence-electron chi connectivity index (χ1n) is 6.12. The smallest absolute Gasteiger partial charge is 0.387 e. The van der Waals surface area contributed by atoms with Crippen LogP contribution in [0.4, 0.5) is 18.9 Å². The van der Waals surface area contributed by atoms with Gasteiger partial charge in [-0.05, 0) is 42.0 Å². The SMILES string of the molecule is O=C(Cc1ccc(F)cc1)Nc1ccc(OC(F)F)cc1. The highest BCUT2D eigenvalue weighted by Crippen LogP contribution is 2.18. The van der Waals surface area contributed by atoms with Crippen molar-refractivity contribution in [3.05, 3.63) is 59.9 Å². The van der Waals surface area contributed by atoms with Gasteiger partial charge in [0.2, 0.25) is 5.91 Å². The van der Waals surface area contributed by atoms with Crippen LogP contribution in [0.3, 0.4) is 0 Å². The normalized spacial score (nSPS) is 10.5. The number of benzene rings is 2. The van der Waals surface area contributed by atoms with Crippen LogP contribution in [0.25, 0.3) is 0 Å². The maximum atomic E-state index is 12.7. The minimum absolute atomic E-state index is 0.0153. The number of anilines is 1. The molecule has 1 amide bonds. The van der Waals surface area contributed by atoms with E-state index < -0.39 is 6.61 Å². The molecule has 0 unspecified atom stereocenters. The summed E-state index contributed by atoms with van der Waals surface area (Å²) in [5, 5.41) is 2.61. The molecule has 0 saturated heterocycles. The lowest BCUT2D eigenvalue weighted by Crippen LogP contribution is -2.14. The predicted molar refractivity (Wildman–Crippen MR) is 71.8 cm³/mol. The highest BCUT2D eigenvalue weighted by atomic mass is 19.3. The summed E-state index contributed by atoms with van der Waals surface area (Å²) < 4.78 is 40.9. The minimum Gasteiger partial charge on any atom is -0.435 e. The lowest BCUT2D eigenvalue weighted by atomic mass is 10.1. The van der Waals surface area contributed by atoms with E-state index in [1.54, 1.807) is 0 Å². The largest absolute Gasteiger partial charge is 0.435 e. The first-order chi connectivity index (χ1) is 10.0. The zero-order chi connectivity index (χ0) is 15.2. The predicted octanol–water partition coefficient (Wildman–Crippen LogP) is 3.61. The summed E-state index contributed by atoms with van der Waals surface area (Å²) in [6.07, 6.45) is 0.0928. The standard InChI is InChI=1S/C15H12F3NO2/c16-11-3-1-10(2-4-11)9-14(20)19-12-5-7-13(8-6-12)21-15(17)18/h1-8,15H,9H2,(H,19,20). The lowest BCUT2D eigenvalue weighted by Gasteiger charge is -2.07. The van der Waals surface area contributed by atoms with Crippen LogP contribution in [-0.2, 0) is 11.2 Å². The molecule has 0 aromatic heterocycles. The number of rotatable bonds is 5. The van der Waals surface area contributed by atoms with Crippen molar-refractivity contribution in [1.29, 1.82) is 0 Å². The number of nitrogens with one attached hydrogen (secondary N) is 1. The second kappa shape index (κ2) is 6.78. The van der Waals surface area contributed by atoms with Crippen LogP contribution in [-0.4, -0.2) is 12.5 Å². The van der Waals surface area contributed by atoms with E-state index in [1.807, 2.05) is 0 Å². The quantitative estimate of drug-likeness (QED) is 0.915. The molecule has 110 valence electrons. The minimum atomic E-state index is -2.89. The molecule has 2 aromatic rings. The third-order valence-corrected chi connectivity index (χ3v) is 2.64. The van der Waals surface area contributed by atoms with E-state index in [0.29, 0.717) is 11.3 Å². The maximum absolute atomic E-state index is 12.7. The number of hydrogen-bond acceptors (Lipinski definition) is 2. The van der Waals surface area contributed by atoms with Crippen molar-refractivity contribution in [2.45, 2.75) is 13.0 Å². The highest BCUT2D eigenvalue weighted by Gasteiger charge is 2.06. The van der Waals surface area contributed by atoms with Gasteiger partial charge in [0.15, 0.2) is 0 Å². The third kappa shape index (κ3) is 4.83. The van der Waals surface area contributed by atoms with E-state index in [0.717, 1.165) is 0 Å². The number of carbonyl (C=O) groups excluding carboxylic acids is 1. The molecule has 0 aliphatic heterocycles. The second-order valence-corrected chi connectivity index (χ2v) is 4.25. The van der Waals surface area contributed by atoms with Crippen LogP contribution >= 0.6 is 0 Å². The molecular formula is C15H12F3NO2. The number of amides is 1. The van der Waals surface area contributed by atoms with Gasteiger partial charge < -0.3 is 10.1 Å². The Kier molecular flexibility index (Phi) is 4.81. The molecule has 0 atom stereocenters. The van der Waals surface area contributed by atoms with Crippen LogP contribution in [0.1, 0.15) is 5.56 Å². The summed E-state index contributed by atoms with van der Waals surface area (Å²) in [4.78, 5) is 11.8. The number of alkyl halides is 2. The number of carbonyl (C=O) groups is 1. The number of halogens is 3. The van der Waals surface area contributed by atoms with Gasteiger partial charge in [0.1, 0.15) is 11.6 Å². The van der Waals surface area contributed by atoms with E-state index in [4.69, 9.17) is 0 Å². The first kappa shape index (κ1) is 14.9. The Hall–Kier alpha value is -2.50. The van der Waals surface area contributed by atoms with Crippen LogP contribution < -0.4 is 10.1 Å². The fraction of sp³-hybridized carbons (Fsp3) is 0.133. The van der Waals surface area contributed by atoms with Crippen molar-refractivity contribution in [3.63, 3.8) is 0 Å². The third-order valence-electron chi connectivity index (χ3n) is 2.64. The average molecular weight is 295 g/mol. The van der Waals surface area contributed by atoms with Crippen LogP contribution in [0.5, 0.6) is 5.75 Å². The Morgan fingerprint density at radius 1 is 1.05 bits per heavy atom. The van der Waals surface area contributed by atoms with Gasteiger partial charge in [-0.15, -0.1) is 0 Å². The first-order valence-corrected chi connectivity index (χ1v) is 6.12. The molecule has 0 bridgehead atoms. The fourth-order valence-corrected chi connectivity index (χ4v) is 1.71. The van der Waals surface area contributed by atoms with E-state index >= 15 is 0 Å². The van der Waals surface area contributed by atoms with E-state index in [-0.39, 0.29) is 23.9 Å². The molecule has 6 heteroatoms. The van der Waals surface area contributed by atoms with Crippen LogP contribution in [0.2, 0.25) is 0 Å². The Bertz CT molecular complexity index is 597. The molecule has 0 spiro atoms. The van der Waals surface area contributed by atoms with Gasteiger partial charge in [-0.25, -0.2) is 4.39 Å². The Balaban J connectivity index is 1.91. The van der Waals surface area contributed by atoms with Gasteiger partial charge in [0.25, 0.3) is 0 Å². The molecule has 0 saturated carbocycles. The van der Waals surface area contributed by atoms with Crippen LogP contribution in [0, 0.1) is 5.82 Å². The fourth-order valence-electron chi connectivity index (χ4n) is 1.71. The summed E-state index contributed by atoms with van der Waals surface area (Å²) >= 11 is 0. The van der Waals surface area contributed by atoms with Crippen molar-refractivity contribution < 1.29 is 22.7 Å². The monoisotopic (exact) mass is 295 g/mol. The van der Waals surface area contributed by atoms with Gasteiger partial charge in [-0.2, -0.15) is 8.78 Å². The van der Waals surface area contributed by atoms with Gasteiger partial charge in [0.05, 0.1) is 6.42 Å². The van der Waals surface area contributed by atoms with Crippen molar-refractivity contribution in [2.24, 2.45) is 0 Å². The molecule has 3 nitrogen and oxygen atoms in total. The zero-order valence-corrected chi connectivity index (χ0v) is 10.9. The molecule has 0 fully saturated rings. The van der Waals surface area contributed by atoms with Gasteiger partial charge >= 0.3 is 6.61 Å². The topological polar surface area (TPSA) is 38.3 Å². The molecule has 0 radical (unpaired) electrons.